The van der Waals surface area contributed by atoms with E-state index in [2.05, 4.69) is 188 Å². The van der Waals surface area contributed by atoms with Gasteiger partial charge in [-0.1, -0.05) is 215 Å². The summed E-state index contributed by atoms with van der Waals surface area (Å²) in [7, 11) is 12.5. The van der Waals surface area contributed by atoms with Crippen molar-refractivity contribution in [1.82, 2.24) is 29.7 Å². The molecular formula is C110H122B3Br5F4N6O12. The van der Waals surface area contributed by atoms with E-state index in [9.17, 15) is 23.1 Å². The van der Waals surface area contributed by atoms with Gasteiger partial charge in [-0.2, -0.15) is 0 Å². The topological polar surface area (TPSA) is 188 Å². The Labute approximate surface area is 865 Å². The number of carbonyl (C=O) groups is 1. The van der Waals surface area contributed by atoms with Crippen LogP contribution in [0.1, 0.15) is 162 Å². The lowest BCUT2D eigenvalue weighted by atomic mass is 9.49. The third-order valence-corrected chi connectivity index (χ3v) is 27.4. The highest BCUT2D eigenvalue weighted by Crippen LogP contribution is 2.50. The molecule has 0 spiro atoms. The Morgan fingerprint density at radius 2 is 0.736 bits per heavy atom. The first-order valence-electron chi connectivity index (χ1n) is 45.7. The molecule has 2 unspecified atom stereocenters. The zero-order chi connectivity index (χ0) is 102. The van der Waals surface area contributed by atoms with Gasteiger partial charge in [-0.25, -0.2) is 37.5 Å². The zero-order valence-electron chi connectivity index (χ0n) is 82.8. The first-order valence-corrected chi connectivity index (χ1v) is 49.6. The van der Waals surface area contributed by atoms with E-state index in [0.717, 1.165) is 128 Å². The van der Waals surface area contributed by atoms with Gasteiger partial charge in [-0.05, 0) is 270 Å². The number of halogens is 9. The average Bonchev–Trinajstić information content (AvgIpc) is 1.41. The normalized spacial score (nSPS) is 15.4. The molecule has 3 aliphatic heterocycles. The Hall–Kier alpha value is -9.60. The SMILES string of the molecule is Brc1ccc(Br)cc1.CC1(C)OB(B2OC(C)(C)C(C)(C)O2)OC1(C)C.CN(C)CCC(=O)c1cc(F)ccc1F.COc1ncc(-c2ccc(Br)cc2)cc1C(c1ccccc1)C(O)(CCN(C)C)c1cc(F)ccc1F.COc1ncc(-c2ccc(Br)cc2)cc1Cc1ccccc1.COc1ncc(B2OC(C)(C)C(C)(C)O2)cc1Cc1ccccc1.COc1ncc(Br)cc1Cc1ccccc1. The van der Waals surface area contributed by atoms with Crippen molar-refractivity contribution in [3.8, 4) is 45.8 Å². The number of aromatic nitrogens is 4. The minimum Gasteiger partial charge on any atom is -0.481 e. The van der Waals surface area contributed by atoms with E-state index in [1.807, 2.05) is 257 Å². The van der Waals surface area contributed by atoms with Gasteiger partial charge in [0.1, 0.15) is 28.9 Å². The van der Waals surface area contributed by atoms with E-state index in [4.69, 9.17) is 46.9 Å². The van der Waals surface area contributed by atoms with E-state index in [0.29, 0.717) is 42.2 Å². The molecule has 0 bridgehead atoms. The summed E-state index contributed by atoms with van der Waals surface area (Å²) in [6.07, 6.45) is 9.79. The number of hydrogen-bond acceptors (Lipinski definition) is 18. The van der Waals surface area contributed by atoms with Crippen LogP contribution in [-0.2, 0) is 52.8 Å². The fourth-order valence-electron chi connectivity index (χ4n) is 15.0. The Balaban J connectivity index is 0.000000175. The van der Waals surface area contributed by atoms with Crippen LogP contribution in [0.15, 0.2) is 302 Å². The number of carbonyl (C=O) groups excluding carboxylic acids is 1. The Morgan fingerprint density at radius 3 is 1.15 bits per heavy atom. The third-order valence-electron chi connectivity index (χ3n) is 24.8. The third kappa shape index (κ3) is 31.2. The summed E-state index contributed by atoms with van der Waals surface area (Å²) in [5.41, 5.74) is 8.81. The van der Waals surface area contributed by atoms with Crippen molar-refractivity contribution in [3.63, 3.8) is 0 Å². The molecule has 13 aromatic rings. The highest BCUT2D eigenvalue weighted by Gasteiger charge is 2.64. The number of rotatable bonds is 25. The van der Waals surface area contributed by atoms with E-state index >= 15 is 4.39 Å². The number of hydrogen-bond donors (Lipinski definition) is 1. The van der Waals surface area contributed by atoms with Crippen LogP contribution in [0.2, 0.25) is 0 Å². The fourth-order valence-corrected chi connectivity index (χ4v) is 16.5. The molecule has 18 nitrogen and oxygen atoms in total. The van der Waals surface area contributed by atoms with Gasteiger partial charge in [0.2, 0.25) is 23.5 Å². The molecule has 7 heterocycles. The van der Waals surface area contributed by atoms with Crippen molar-refractivity contribution in [2.45, 2.75) is 160 Å². The number of benzene rings is 9. The van der Waals surface area contributed by atoms with Gasteiger partial charge in [0.05, 0.1) is 67.6 Å². The number of ketones is 1. The molecule has 2 atom stereocenters. The monoisotopic (exact) mass is 2220 g/mol. The number of nitrogens with zero attached hydrogens (tertiary/aromatic N) is 6. The molecule has 3 saturated heterocycles. The van der Waals surface area contributed by atoms with E-state index in [1.165, 1.54) is 23.8 Å². The Bertz CT molecular complexity index is 6060. The lowest BCUT2D eigenvalue weighted by Gasteiger charge is -2.39. The van der Waals surface area contributed by atoms with Gasteiger partial charge < -0.3 is 61.8 Å². The average molecular weight is 2230 g/mol. The summed E-state index contributed by atoms with van der Waals surface area (Å²) in [4.78, 5) is 32.9. The summed E-state index contributed by atoms with van der Waals surface area (Å²) in [5, 5.41) is 12.5. The minimum absolute atomic E-state index is 0.112. The molecule has 16 rings (SSSR count). The Kier molecular flexibility index (Phi) is 41.0. The van der Waals surface area contributed by atoms with Crippen LogP contribution in [-0.4, -0.2) is 165 Å². The maximum absolute atomic E-state index is 15.4. The van der Waals surface area contributed by atoms with Gasteiger partial charge in [0.15, 0.2) is 5.78 Å². The fraction of sp³-hybridized carbons (Fsp3) is 0.318. The molecule has 0 radical (unpaired) electrons. The second-order valence-electron chi connectivity index (χ2n) is 37.3. The largest absolute Gasteiger partial charge is 0.496 e. The van der Waals surface area contributed by atoms with E-state index in [-0.39, 0.29) is 63.4 Å². The van der Waals surface area contributed by atoms with Crippen molar-refractivity contribution in [1.29, 1.82) is 0 Å². The van der Waals surface area contributed by atoms with Crippen LogP contribution in [0.5, 0.6) is 23.5 Å². The molecule has 4 aromatic heterocycles. The summed E-state index contributed by atoms with van der Waals surface area (Å²) in [6, 6.07) is 78.5. The predicted molar refractivity (Wildman–Crippen MR) is 570 cm³/mol. The van der Waals surface area contributed by atoms with Gasteiger partial charge in [-0.15, -0.1) is 0 Å². The lowest BCUT2D eigenvalue weighted by molar-refractivity contribution is 0.000305. The van der Waals surface area contributed by atoms with E-state index < -0.39 is 55.9 Å². The van der Waals surface area contributed by atoms with Gasteiger partial charge in [0.25, 0.3) is 0 Å². The summed E-state index contributed by atoms with van der Waals surface area (Å²) < 4.78 is 119. The van der Waals surface area contributed by atoms with Crippen LogP contribution >= 0.6 is 79.6 Å². The molecule has 3 fully saturated rings. The smallest absolute Gasteiger partial charge is 0.481 e. The summed E-state index contributed by atoms with van der Waals surface area (Å²) in [5.74, 6) is -1.45. The number of ether oxygens (including phenoxy) is 4. The molecule has 0 saturated carbocycles. The van der Waals surface area contributed by atoms with Crippen molar-refractivity contribution < 1.29 is 74.3 Å². The van der Waals surface area contributed by atoms with Crippen LogP contribution < -0.4 is 24.4 Å². The highest BCUT2D eigenvalue weighted by molar-refractivity contribution is 9.11. The minimum atomic E-state index is -1.83. The van der Waals surface area contributed by atoms with Gasteiger partial charge >= 0.3 is 21.1 Å². The molecule has 3 aliphatic rings. The maximum Gasteiger partial charge on any atom is 0.496 e. The first-order chi connectivity index (χ1) is 66.3. The Morgan fingerprint density at radius 1 is 0.386 bits per heavy atom. The van der Waals surface area contributed by atoms with Crippen LogP contribution in [0.25, 0.3) is 22.3 Å². The quantitative estimate of drug-likeness (QED) is 0.0323. The lowest BCUT2D eigenvalue weighted by Crippen LogP contribution is -2.41. The zero-order valence-corrected chi connectivity index (χ0v) is 90.8. The van der Waals surface area contributed by atoms with Crippen molar-refractivity contribution >= 4 is 112 Å². The number of aliphatic hydroxyl groups is 1. The van der Waals surface area contributed by atoms with Crippen molar-refractivity contribution in [2.75, 3.05) is 69.7 Å². The molecule has 9 aromatic carbocycles. The molecule has 0 amide bonds. The van der Waals surface area contributed by atoms with Crippen LogP contribution in [0.3, 0.4) is 0 Å². The molecule has 0 aliphatic carbocycles. The summed E-state index contributed by atoms with van der Waals surface area (Å²) in [6.45, 7) is 25.4. The van der Waals surface area contributed by atoms with Crippen molar-refractivity contribution in [2.24, 2.45) is 0 Å². The van der Waals surface area contributed by atoms with Crippen LogP contribution in [0, 0.1) is 23.3 Å². The standard InChI is InChI=1S/C30H29BrF2N2O2.C19H24BNO3.C19H16BrNO.C13H12BrNO.C12H24B2O4.C11H13F2NO.C6H4Br2/c1-35(2)16-15-30(36,26-18-24(32)13-14-27(26)33)28(21-7-5-4-6-8-21)25-17-22(19-34-29(25)37-3)20-9-11-23(31)12-10-20;1-18(2)19(3,4)24-20(23-18)16-12-15(17(22-5)21-13-16)11-14-9-7-6-8-10-14;1-22-19-16(11-14-5-3-2-4-6-14)12-17(13-21-19)15-7-9-18(20)10-8-15;1-16-13-11(8-12(14)9-15-13)7-10-5-3-2-4-6-10;1-9(2)10(3,4)16-13(15-9)14-17-11(5,6)12(7,8)18-14;1-14(2)6-5-11(15)9-7-8(12)3-4-10(9)13;7-5-1-2-6(8)4-3-5/h4-14,17-19,28,36H,15-16H2,1-3H3;6-10,12-13H,11H2,1-5H3;2-10,12-13H,11H2,1H3;2-6,8-9H,7H2,1H3;1-8H3;3-4,7H,5-6H2,1-2H3;1-4H. The predicted octanol–water partition coefficient (Wildman–Crippen LogP) is 25.9. The number of methoxy groups -OCH3 is 4. The van der Waals surface area contributed by atoms with Crippen LogP contribution in [0.4, 0.5) is 17.6 Å². The van der Waals surface area contributed by atoms with E-state index in [1.54, 1.807) is 39.9 Å². The maximum atomic E-state index is 15.4. The highest BCUT2D eigenvalue weighted by atomic mass is 79.9. The molecular weight excluding hydrogens is 2110 g/mol. The van der Waals surface area contributed by atoms with Crippen molar-refractivity contribution in [3.05, 3.63) is 381 Å². The van der Waals surface area contributed by atoms with Gasteiger partial charge in [-0.3, -0.25) is 4.79 Å². The van der Waals surface area contributed by atoms with Gasteiger partial charge in [0, 0.05) is 136 Å². The summed E-state index contributed by atoms with van der Waals surface area (Å²) >= 11 is 17.0. The number of pyridine rings is 4. The molecule has 1 N–H and O–H groups in total. The molecule has 140 heavy (non-hydrogen) atoms. The second kappa shape index (κ2) is 51.1. The second-order valence-corrected chi connectivity index (χ2v) is 41.9. The first kappa shape index (κ1) is 112. The molecule has 30 heteroatoms. The molecule has 736 valence electrons. The number of Topliss-reactive ketones (excluding diaryl/α,β-unsaturated/α-hetero) is 1.